The summed E-state index contributed by atoms with van der Waals surface area (Å²) >= 11 is 1.73. The Bertz CT molecular complexity index is 497. The zero-order valence-corrected chi connectivity index (χ0v) is 14.4. The van der Waals surface area contributed by atoms with E-state index < -0.39 is 0 Å². The highest BCUT2D eigenvalue weighted by molar-refractivity contribution is 7.15. The molecule has 1 saturated heterocycles. The summed E-state index contributed by atoms with van der Waals surface area (Å²) in [7, 11) is 0. The van der Waals surface area contributed by atoms with Gasteiger partial charge in [0.1, 0.15) is 0 Å². The lowest BCUT2D eigenvalue weighted by atomic mass is 9.77. The molecule has 0 amide bonds. The monoisotopic (exact) mass is 308 g/mol. The second-order valence-electron chi connectivity index (χ2n) is 7.56. The van der Waals surface area contributed by atoms with Crippen molar-refractivity contribution in [2.45, 2.75) is 65.4 Å². The maximum Gasteiger partial charge on any atom is 0.185 e. The van der Waals surface area contributed by atoms with Crippen LogP contribution in [-0.2, 0) is 6.42 Å². The molecule has 1 aliphatic heterocycles. The van der Waals surface area contributed by atoms with Crippen molar-refractivity contribution < 1.29 is 5.11 Å². The molecule has 2 aliphatic rings. The Kier molecular flexibility index (Phi) is 4.28. The molecule has 3 nitrogen and oxygen atoms in total. The zero-order valence-electron chi connectivity index (χ0n) is 13.6. The molecule has 2 heterocycles. The zero-order chi connectivity index (χ0) is 15.0. The normalized spacial score (nSPS) is 29.0. The summed E-state index contributed by atoms with van der Waals surface area (Å²) in [6, 6.07) is 0. The molecule has 1 N–H and O–H groups in total. The van der Waals surface area contributed by atoms with E-state index in [0.29, 0.717) is 0 Å². The van der Waals surface area contributed by atoms with Crippen LogP contribution < -0.4 is 4.90 Å². The number of aromatic nitrogens is 1. The number of anilines is 1. The third kappa shape index (κ3) is 3.26. The Morgan fingerprint density at radius 3 is 2.90 bits per heavy atom. The first-order chi connectivity index (χ1) is 9.98. The number of rotatable bonds is 2. The molecule has 2 unspecified atom stereocenters. The Morgan fingerprint density at radius 1 is 1.33 bits per heavy atom. The van der Waals surface area contributed by atoms with Crippen LogP contribution in [-0.4, -0.2) is 23.2 Å². The van der Waals surface area contributed by atoms with Crippen molar-refractivity contribution >= 4 is 16.5 Å². The molecule has 1 aliphatic carbocycles. The van der Waals surface area contributed by atoms with Gasteiger partial charge in [0.05, 0.1) is 16.7 Å². The molecule has 2 atom stereocenters. The molecule has 1 aromatic rings. The highest BCUT2D eigenvalue weighted by Gasteiger charge is 2.34. The van der Waals surface area contributed by atoms with Crippen molar-refractivity contribution in [1.82, 2.24) is 4.98 Å². The van der Waals surface area contributed by atoms with Crippen molar-refractivity contribution in [2.75, 3.05) is 18.0 Å². The first-order valence-electron chi connectivity index (χ1n) is 8.41. The van der Waals surface area contributed by atoms with E-state index in [1.165, 1.54) is 25.7 Å². The average molecular weight is 308 g/mol. The van der Waals surface area contributed by atoms with Gasteiger partial charge in [0.2, 0.25) is 0 Å². The summed E-state index contributed by atoms with van der Waals surface area (Å²) in [5, 5.41) is 11.5. The summed E-state index contributed by atoms with van der Waals surface area (Å²) in [6.45, 7) is 9.03. The molecular formula is C17H28N2OS. The van der Waals surface area contributed by atoms with Gasteiger partial charge in [-0.3, -0.25) is 0 Å². The van der Waals surface area contributed by atoms with Gasteiger partial charge in [-0.25, -0.2) is 4.98 Å². The summed E-state index contributed by atoms with van der Waals surface area (Å²) in [6.07, 6.45) is 6.76. The summed E-state index contributed by atoms with van der Waals surface area (Å²) in [5.41, 5.74) is 1.32. The van der Waals surface area contributed by atoms with Crippen molar-refractivity contribution in [3.8, 4) is 0 Å². The minimum absolute atomic E-state index is 0.170. The van der Waals surface area contributed by atoms with E-state index in [-0.39, 0.29) is 11.5 Å². The fourth-order valence-electron chi connectivity index (χ4n) is 3.78. The van der Waals surface area contributed by atoms with Crippen LogP contribution in [0.25, 0.3) is 0 Å². The smallest absolute Gasteiger partial charge is 0.185 e. The molecule has 0 radical (unpaired) electrons. The number of hydrogen-bond acceptors (Lipinski definition) is 4. The molecule has 3 rings (SSSR count). The maximum atomic E-state index is 10.4. The van der Waals surface area contributed by atoms with E-state index in [1.807, 2.05) is 0 Å². The van der Waals surface area contributed by atoms with Crippen molar-refractivity contribution in [3.63, 3.8) is 0 Å². The van der Waals surface area contributed by atoms with E-state index in [2.05, 4.69) is 25.7 Å². The van der Waals surface area contributed by atoms with Crippen LogP contribution in [0.15, 0.2) is 0 Å². The third-order valence-electron chi connectivity index (χ3n) is 5.11. The van der Waals surface area contributed by atoms with Gasteiger partial charge in [-0.1, -0.05) is 38.5 Å². The highest BCUT2D eigenvalue weighted by atomic mass is 32.1. The topological polar surface area (TPSA) is 36.4 Å². The van der Waals surface area contributed by atoms with Gasteiger partial charge in [0.15, 0.2) is 5.13 Å². The maximum absolute atomic E-state index is 10.4. The standard InChI is InChI=1S/C17H28N2OS/c1-4-12-6-5-8-19(9-7-12)16-18-13-10-17(2,3)11-14(20)15(13)21-16/h12,14,20H,4-11H2,1-3H3. The molecule has 1 fully saturated rings. The van der Waals surface area contributed by atoms with Crippen LogP contribution in [0.1, 0.15) is 69.6 Å². The molecule has 0 spiro atoms. The van der Waals surface area contributed by atoms with E-state index in [4.69, 9.17) is 4.98 Å². The number of aliphatic hydroxyl groups is 1. The van der Waals surface area contributed by atoms with Crippen LogP contribution in [0.4, 0.5) is 5.13 Å². The molecular weight excluding hydrogens is 280 g/mol. The Hall–Kier alpha value is -0.610. The lowest BCUT2D eigenvalue weighted by molar-refractivity contribution is 0.102. The highest BCUT2D eigenvalue weighted by Crippen LogP contribution is 2.44. The predicted molar refractivity (Wildman–Crippen MR) is 89.0 cm³/mol. The number of aliphatic hydroxyl groups excluding tert-OH is 1. The quantitative estimate of drug-likeness (QED) is 0.891. The second-order valence-corrected chi connectivity index (χ2v) is 8.57. The van der Waals surface area contributed by atoms with Crippen LogP contribution in [0, 0.1) is 11.3 Å². The third-order valence-corrected chi connectivity index (χ3v) is 6.37. The van der Waals surface area contributed by atoms with E-state index >= 15 is 0 Å². The fraction of sp³-hybridized carbons (Fsp3) is 0.824. The molecule has 0 saturated carbocycles. The first-order valence-corrected chi connectivity index (χ1v) is 9.23. The summed E-state index contributed by atoms with van der Waals surface area (Å²) in [5.74, 6) is 0.883. The Balaban J connectivity index is 1.78. The number of hydrogen-bond donors (Lipinski definition) is 1. The van der Waals surface area contributed by atoms with Crippen LogP contribution in [0.2, 0.25) is 0 Å². The van der Waals surface area contributed by atoms with Crippen LogP contribution in [0.3, 0.4) is 0 Å². The largest absolute Gasteiger partial charge is 0.387 e. The number of nitrogens with zero attached hydrogens (tertiary/aromatic N) is 2. The van der Waals surface area contributed by atoms with Crippen molar-refractivity contribution in [3.05, 3.63) is 10.6 Å². The van der Waals surface area contributed by atoms with Gasteiger partial charge in [-0.05, 0) is 43.4 Å². The molecule has 21 heavy (non-hydrogen) atoms. The lowest BCUT2D eigenvalue weighted by Crippen LogP contribution is -2.25. The minimum atomic E-state index is -0.314. The second kappa shape index (κ2) is 5.88. The first kappa shape index (κ1) is 15.3. The van der Waals surface area contributed by atoms with Crippen LogP contribution >= 0.6 is 11.3 Å². The molecule has 0 aromatic carbocycles. The SMILES string of the molecule is CCC1CCCN(c2nc3c(s2)C(O)CC(C)(C)C3)CC1. The Morgan fingerprint density at radius 2 is 2.14 bits per heavy atom. The average Bonchev–Trinajstić information content (AvgIpc) is 2.68. The van der Waals surface area contributed by atoms with Gasteiger partial charge < -0.3 is 10.0 Å². The van der Waals surface area contributed by atoms with E-state index in [9.17, 15) is 5.11 Å². The summed E-state index contributed by atoms with van der Waals surface area (Å²) < 4.78 is 0. The van der Waals surface area contributed by atoms with Gasteiger partial charge in [0, 0.05) is 13.1 Å². The number of fused-ring (bicyclic) bond motifs is 1. The van der Waals surface area contributed by atoms with Crippen molar-refractivity contribution in [2.24, 2.45) is 11.3 Å². The molecule has 4 heteroatoms. The minimum Gasteiger partial charge on any atom is -0.387 e. The van der Waals surface area contributed by atoms with Crippen LogP contribution in [0.5, 0.6) is 0 Å². The van der Waals surface area contributed by atoms with Gasteiger partial charge >= 0.3 is 0 Å². The predicted octanol–water partition coefficient (Wildman–Crippen LogP) is 4.17. The molecule has 0 bridgehead atoms. The van der Waals surface area contributed by atoms with Gasteiger partial charge in [-0.2, -0.15) is 0 Å². The van der Waals surface area contributed by atoms with Crippen molar-refractivity contribution in [1.29, 1.82) is 0 Å². The van der Waals surface area contributed by atoms with Gasteiger partial charge in [0.25, 0.3) is 0 Å². The number of thiazole rings is 1. The van der Waals surface area contributed by atoms with E-state index in [0.717, 1.165) is 47.6 Å². The van der Waals surface area contributed by atoms with E-state index in [1.54, 1.807) is 11.3 Å². The van der Waals surface area contributed by atoms with Gasteiger partial charge in [-0.15, -0.1) is 0 Å². The summed E-state index contributed by atoms with van der Waals surface area (Å²) in [4.78, 5) is 8.48. The molecule has 118 valence electrons. The lowest BCUT2D eigenvalue weighted by Gasteiger charge is -2.31. The Labute approximate surface area is 132 Å². The fourth-order valence-corrected chi connectivity index (χ4v) is 4.90. The molecule has 1 aromatic heterocycles.